The van der Waals surface area contributed by atoms with Crippen molar-refractivity contribution in [2.24, 2.45) is 11.7 Å². The monoisotopic (exact) mass is 295 g/mol. The number of rotatable bonds is 6. The van der Waals surface area contributed by atoms with E-state index in [0.717, 1.165) is 19.3 Å². The van der Waals surface area contributed by atoms with Crippen LogP contribution in [0.15, 0.2) is 0 Å². The molecule has 20 heavy (non-hydrogen) atoms. The first-order chi connectivity index (χ1) is 9.26. The van der Waals surface area contributed by atoms with Gasteiger partial charge in [0, 0.05) is 19.0 Å². The molecular weight excluding hydrogens is 271 g/mol. The smallest absolute Gasteiger partial charge is 0.356 e. The van der Waals surface area contributed by atoms with E-state index in [1.54, 1.807) is 6.92 Å². The molecule has 0 radical (unpaired) electrons. The second kappa shape index (κ2) is 7.83. The van der Waals surface area contributed by atoms with Gasteiger partial charge in [0.2, 0.25) is 5.91 Å². The molecule has 0 aromatic rings. The van der Waals surface area contributed by atoms with E-state index in [9.17, 15) is 18.0 Å². The van der Waals surface area contributed by atoms with E-state index in [4.69, 9.17) is 5.73 Å². The lowest BCUT2D eigenvalue weighted by Crippen LogP contribution is -2.40. The SMILES string of the molecule is CC(N)CC(=O)NCCC1CCN(CC(F)(F)F)CC1. The Morgan fingerprint density at radius 2 is 2.00 bits per heavy atom. The van der Waals surface area contributed by atoms with Gasteiger partial charge in [0.15, 0.2) is 0 Å². The number of hydrogen-bond acceptors (Lipinski definition) is 3. The van der Waals surface area contributed by atoms with Crippen LogP contribution in [0.1, 0.15) is 32.6 Å². The van der Waals surface area contributed by atoms with Gasteiger partial charge in [-0.2, -0.15) is 13.2 Å². The summed E-state index contributed by atoms with van der Waals surface area (Å²) in [6.45, 7) is 2.51. The van der Waals surface area contributed by atoms with Crippen LogP contribution in [0.25, 0.3) is 0 Å². The maximum absolute atomic E-state index is 12.2. The molecule has 1 fully saturated rings. The van der Waals surface area contributed by atoms with Crippen LogP contribution in [0.3, 0.4) is 0 Å². The molecule has 1 saturated heterocycles. The second-order valence-corrected chi connectivity index (χ2v) is 5.65. The minimum atomic E-state index is -4.11. The van der Waals surface area contributed by atoms with Crippen LogP contribution in [-0.2, 0) is 4.79 Å². The third-order valence-corrected chi connectivity index (χ3v) is 3.49. The van der Waals surface area contributed by atoms with Crippen LogP contribution in [0, 0.1) is 5.92 Å². The lowest BCUT2D eigenvalue weighted by molar-refractivity contribution is -0.148. The maximum Gasteiger partial charge on any atom is 0.401 e. The van der Waals surface area contributed by atoms with E-state index in [-0.39, 0.29) is 11.9 Å². The molecule has 1 rings (SSSR count). The number of nitrogens with one attached hydrogen (secondary N) is 1. The standard InChI is InChI=1S/C13H24F3N3O/c1-10(17)8-12(20)18-5-2-11-3-6-19(7-4-11)9-13(14,15)16/h10-11H,2-9,17H2,1H3,(H,18,20). The van der Waals surface area contributed by atoms with Crippen molar-refractivity contribution in [2.75, 3.05) is 26.2 Å². The molecule has 118 valence electrons. The molecule has 7 heteroatoms. The van der Waals surface area contributed by atoms with Crippen molar-refractivity contribution in [3.8, 4) is 0 Å². The summed E-state index contributed by atoms with van der Waals surface area (Å²) in [7, 11) is 0. The normalized spacial score (nSPS) is 19.9. The minimum absolute atomic E-state index is 0.0606. The Kier molecular flexibility index (Phi) is 6.75. The van der Waals surface area contributed by atoms with Crippen molar-refractivity contribution in [3.05, 3.63) is 0 Å². The van der Waals surface area contributed by atoms with Crippen molar-refractivity contribution in [1.29, 1.82) is 0 Å². The molecule has 1 aliphatic heterocycles. The molecule has 1 aliphatic rings. The first-order valence-electron chi connectivity index (χ1n) is 7.07. The van der Waals surface area contributed by atoms with Crippen LogP contribution < -0.4 is 11.1 Å². The molecule has 1 atom stereocenters. The Hall–Kier alpha value is -0.820. The molecule has 1 unspecified atom stereocenters. The van der Waals surface area contributed by atoms with Gasteiger partial charge < -0.3 is 11.1 Å². The number of carbonyl (C=O) groups is 1. The molecule has 0 aromatic carbocycles. The van der Waals surface area contributed by atoms with Gasteiger partial charge in [-0.1, -0.05) is 0 Å². The molecule has 0 aliphatic carbocycles. The first-order valence-corrected chi connectivity index (χ1v) is 7.07. The molecule has 3 N–H and O–H groups in total. The summed E-state index contributed by atoms with van der Waals surface area (Å²) >= 11 is 0. The Labute approximate surface area is 117 Å². The highest BCUT2D eigenvalue weighted by Gasteiger charge is 2.32. The topological polar surface area (TPSA) is 58.4 Å². The lowest BCUT2D eigenvalue weighted by Gasteiger charge is -2.32. The van der Waals surface area contributed by atoms with Crippen molar-refractivity contribution in [2.45, 2.75) is 44.8 Å². The third kappa shape index (κ3) is 7.69. The fourth-order valence-corrected chi connectivity index (χ4v) is 2.47. The van der Waals surface area contributed by atoms with E-state index in [0.29, 0.717) is 32.0 Å². The van der Waals surface area contributed by atoms with E-state index >= 15 is 0 Å². The van der Waals surface area contributed by atoms with Gasteiger partial charge in [0.25, 0.3) is 0 Å². The van der Waals surface area contributed by atoms with Gasteiger partial charge in [0.1, 0.15) is 0 Å². The second-order valence-electron chi connectivity index (χ2n) is 5.65. The quantitative estimate of drug-likeness (QED) is 0.781. The number of likely N-dealkylation sites (tertiary alicyclic amines) is 1. The molecule has 0 aromatic heterocycles. The van der Waals surface area contributed by atoms with Gasteiger partial charge in [0.05, 0.1) is 6.54 Å². The van der Waals surface area contributed by atoms with Crippen LogP contribution in [0.5, 0.6) is 0 Å². The molecular formula is C13H24F3N3O. The molecule has 1 heterocycles. The lowest BCUT2D eigenvalue weighted by atomic mass is 9.93. The van der Waals surface area contributed by atoms with Gasteiger partial charge in [-0.05, 0) is 45.2 Å². The Morgan fingerprint density at radius 3 is 2.50 bits per heavy atom. The van der Waals surface area contributed by atoms with Crippen molar-refractivity contribution < 1.29 is 18.0 Å². The number of piperidine rings is 1. The van der Waals surface area contributed by atoms with E-state index in [1.165, 1.54) is 4.90 Å². The van der Waals surface area contributed by atoms with Gasteiger partial charge in [-0.3, -0.25) is 9.69 Å². The molecule has 0 spiro atoms. The van der Waals surface area contributed by atoms with Crippen molar-refractivity contribution in [3.63, 3.8) is 0 Å². The summed E-state index contributed by atoms with van der Waals surface area (Å²) in [5, 5.41) is 2.80. The highest BCUT2D eigenvalue weighted by atomic mass is 19.4. The summed E-state index contributed by atoms with van der Waals surface area (Å²) in [5.74, 6) is 0.338. The molecule has 0 saturated carbocycles. The predicted octanol–water partition coefficient (Wildman–Crippen LogP) is 1.50. The minimum Gasteiger partial charge on any atom is -0.356 e. The number of nitrogens with two attached hydrogens (primary N) is 1. The Balaban J connectivity index is 2.12. The highest BCUT2D eigenvalue weighted by molar-refractivity contribution is 5.76. The maximum atomic E-state index is 12.2. The number of halogens is 3. The Morgan fingerprint density at radius 1 is 1.40 bits per heavy atom. The number of amides is 1. The van der Waals surface area contributed by atoms with Crippen LogP contribution in [-0.4, -0.2) is 49.2 Å². The van der Waals surface area contributed by atoms with E-state index in [1.807, 2.05) is 0 Å². The first kappa shape index (κ1) is 17.2. The van der Waals surface area contributed by atoms with Crippen molar-refractivity contribution in [1.82, 2.24) is 10.2 Å². The number of carbonyl (C=O) groups excluding carboxylic acids is 1. The average Bonchev–Trinajstić information content (AvgIpc) is 2.28. The highest BCUT2D eigenvalue weighted by Crippen LogP contribution is 2.23. The third-order valence-electron chi connectivity index (χ3n) is 3.49. The number of nitrogens with zero attached hydrogens (tertiary/aromatic N) is 1. The predicted molar refractivity (Wildman–Crippen MR) is 71.1 cm³/mol. The van der Waals surface area contributed by atoms with Crippen molar-refractivity contribution >= 4 is 5.91 Å². The average molecular weight is 295 g/mol. The van der Waals surface area contributed by atoms with E-state index in [2.05, 4.69) is 5.32 Å². The zero-order valence-electron chi connectivity index (χ0n) is 11.9. The molecule has 1 amide bonds. The largest absolute Gasteiger partial charge is 0.401 e. The molecule has 4 nitrogen and oxygen atoms in total. The zero-order chi connectivity index (χ0) is 15.2. The number of alkyl halides is 3. The fraction of sp³-hybridized carbons (Fsp3) is 0.923. The van der Waals surface area contributed by atoms with Crippen LogP contribution in [0.2, 0.25) is 0 Å². The van der Waals surface area contributed by atoms with Crippen LogP contribution >= 0.6 is 0 Å². The number of hydrogen-bond donors (Lipinski definition) is 2. The van der Waals surface area contributed by atoms with Gasteiger partial charge in [-0.15, -0.1) is 0 Å². The Bertz CT molecular complexity index is 300. The summed E-state index contributed by atoms with van der Waals surface area (Å²) in [4.78, 5) is 12.8. The summed E-state index contributed by atoms with van der Waals surface area (Å²) in [5.41, 5.74) is 5.52. The van der Waals surface area contributed by atoms with Gasteiger partial charge in [-0.25, -0.2) is 0 Å². The van der Waals surface area contributed by atoms with Crippen LogP contribution in [0.4, 0.5) is 13.2 Å². The van der Waals surface area contributed by atoms with E-state index < -0.39 is 12.7 Å². The molecule has 0 bridgehead atoms. The summed E-state index contributed by atoms with van der Waals surface area (Å²) in [6.07, 6.45) is -1.45. The summed E-state index contributed by atoms with van der Waals surface area (Å²) in [6, 6.07) is -0.152. The van der Waals surface area contributed by atoms with Gasteiger partial charge >= 0.3 is 6.18 Å². The zero-order valence-corrected chi connectivity index (χ0v) is 11.9. The summed E-state index contributed by atoms with van der Waals surface area (Å²) < 4.78 is 36.7. The fourth-order valence-electron chi connectivity index (χ4n) is 2.47.